The molecule has 7 nitrogen and oxygen atoms in total. The maximum atomic E-state index is 13.8. The Labute approximate surface area is 201 Å². The molecule has 0 spiro atoms. The van der Waals surface area contributed by atoms with E-state index in [4.69, 9.17) is 9.57 Å². The van der Waals surface area contributed by atoms with Crippen molar-refractivity contribution in [3.63, 3.8) is 0 Å². The molecule has 182 valence electrons. The quantitative estimate of drug-likeness (QED) is 0.587. The van der Waals surface area contributed by atoms with Crippen LogP contribution < -0.4 is 4.74 Å². The van der Waals surface area contributed by atoms with E-state index in [0.717, 1.165) is 41.4 Å². The van der Waals surface area contributed by atoms with Crippen molar-refractivity contribution in [1.82, 2.24) is 14.5 Å². The minimum Gasteiger partial charge on any atom is -0.495 e. The summed E-state index contributed by atoms with van der Waals surface area (Å²) in [6, 6.07) is 8.63. The largest absolute Gasteiger partial charge is 0.495 e. The zero-order chi connectivity index (χ0) is 24.5. The maximum Gasteiger partial charge on any atom is 0.175 e. The fraction of sp³-hybridized carbons (Fsp3) is 0.308. The molecule has 5 rings (SSSR count). The number of amidine groups is 1. The van der Waals surface area contributed by atoms with E-state index in [1.165, 1.54) is 12.1 Å². The van der Waals surface area contributed by atoms with Gasteiger partial charge in [-0.25, -0.2) is 13.8 Å². The number of benzene rings is 2. The first-order chi connectivity index (χ1) is 17.0. The average molecular weight is 481 g/mol. The van der Waals surface area contributed by atoms with Crippen LogP contribution in [0, 0.1) is 18.6 Å². The van der Waals surface area contributed by atoms with Gasteiger partial charge in [0.25, 0.3) is 0 Å². The number of aryl methyl sites for hydroxylation is 1. The third-order valence-electron chi connectivity index (χ3n) is 6.34. The molecular formula is C26H26F2N4O3. The fourth-order valence-corrected chi connectivity index (χ4v) is 4.72. The molecule has 2 aliphatic heterocycles. The predicted octanol–water partition coefficient (Wildman–Crippen LogP) is 4.39. The SMILES string of the molecule is COc1cc(/C=C2\CCCN3C2=NO[C@H](c2cc(F)cc(F)c2)[C@@H]3CO)ccc1-n1cnc(C)c1. The monoisotopic (exact) mass is 480 g/mol. The lowest BCUT2D eigenvalue weighted by molar-refractivity contribution is -0.0395. The normalized spacial score (nSPS) is 20.9. The third-order valence-corrected chi connectivity index (χ3v) is 6.34. The summed E-state index contributed by atoms with van der Waals surface area (Å²) in [4.78, 5) is 12.0. The molecule has 0 amide bonds. The van der Waals surface area contributed by atoms with E-state index in [1.807, 2.05) is 46.9 Å². The van der Waals surface area contributed by atoms with Crippen molar-refractivity contribution in [2.45, 2.75) is 31.9 Å². The first-order valence-corrected chi connectivity index (χ1v) is 11.4. The topological polar surface area (TPSA) is 72.1 Å². The van der Waals surface area contributed by atoms with Gasteiger partial charge in [-0.1, -0.05) is 11.2 Å². The van der Waals surface area contributed by atoms with Gasteiger partial charge in [-0.15, -0.1) is 0 Å². The van der Waals surface area contributed by atoms with Gasteiger partial charge in [-0.3, -0.25) is 0 Å². The lowest BCUT2D eigenvalue weighted by Gasteiger charge is -2.43. The molecule has 0 unspecified atom stereocenters. The summed E-state index contributed by atoms with van der Waals surface area (Å²) < 4.78 is 35.2. The summed E-state index contributed by atoms with van der Waals surface area (Å²) in [6.07, 6.45) is 6.53. The highest BCUT2D eigenvalue weighted by Crippen LogP contribution is 2.35. The van der Waals surface area contributed by atoms with E-state index in [9.17, 15) is 13.9 Å². The van der Waals surface area contributed by atoms with Gasteiger partial charge in [0.05, 0.1) is 37.5 Å². The number of halogens is 2. The van der Waals surface area contributed by atoms with Crippen LogP contribution in [-0.4, -0.2) is 51.7 Å². The minimum atomic E-state index is -0.786. The van der Waals surface area contributed by atoms with E-state index in [0.29, 0.717) is 23.7 Å². The molecule has 0 saturated carbocycles. The van der Waals surface area contributed by atoms with Crippen LogP contribution in [0.15, 0.2) is 59.7 Å². The smallest absolute Gasteiger partial charge is 0.175 e. The number of aliphatic hydroxyl groups is 1. The van der Waals surface area contributed by atoms with Gasteiger partial charge in [0.1, 0.15) is 17.4 Å². The molecule has 9 heteroatoms. The van der Waals surface area contributed by atoms with Gasteiger partial charge < -0.3 is 24.1 Å². The number of methoxy groups -OCH3 is 1. The van der Waals surface area contributed by atoms with Crippen LogP contribution in [0.25, 0.3) is 11.8 Å². The summed E-state index contributed by atoms with van der Waals surface area (Å²) in [7, 11) is 1.63. The number of ether oxygens (including phenoxy) is 1. The number of fused-ring (bicyclic) bond motifs is 1. The Morgan fingerprint density at radius 1 is 1.20 bits per heavy atom. The summed E-state index contributed by atoms with van der Waals surface area (Å²) in [6.45, 7) is 2.34. The molecule has 3 heterocycles. The van der Waals surface area contributed by atoms with Crippen LogP contribution in [0.4, 0.5) is 8.78 Å². The molecule has 3 aromatic rings. The molecule has 0 radical (unpaired) electrons. The van der Waals surface area contributed by atoms with Gasteiger partial charge in [0.2, 0.25) is 0 Å². The number of imidazole rings is 1. The molecule has 2 aromatic carbocycles. The Morgan fingerprint density at radius 3 is 2.69 bits per heavy atom. The number of hydrogen-bond donors (Lipinski definition) is 1. The van der Waals surface area contributed by atoms with E-state index in [1.54, 1.807) is 13.4 Å². The van der Waals surface area contributed by atoms with Gasteiger partial charge in [0.15, 0.2) is 11.9 Å². The van der Waals surface area contributed by atoms with Crippen LogP contribution in [0.2, 0.25) is 0 Å². The van der Waals surface area contributed by atoms with Crippen LogP contribution in [0.3, 0.4) is 0 Å². The molecule has 1 N–H and O–H groups in total. The van der Waals surface area contributed by atoms with Crippen LogP contribution in [0.5, 0.6) is 5.75 Å². The van der Waals surface area contributed by atoms with Crippen LogP contribution >= 0.6 is 0 Å². The first-order valence-electron chi connectivity index (χ1n) is 11.4. The second-order valence-electron chi connectivity index (χ2n) is 8.71. The number of hydrogen-bond acceptors (Lipinski definition) is 6. The Morgan fingerprint density at radius 2 is 2.00 bits per heavy atom. The highest BCUT2D eigenvalue weighted by atomic mass is 19.1. The Hall–Kier alpha value is -3.72. The van der Waals surface area contributed by atoms with Crippen LogP contribution in [0.1, 0.15) is 35.8 Å². The number of aromatic nitrogens is 2. The molecule has 2 aliphatic rings. The third kappa shape index (κ3) is 4.51. The van der Waals surface area contributed by atoms with Crippen molar-refractivity contribution in [3.05, 3.63) is 83.0 Å². The molecule has 1 fully saturated rings. The van der Waals surface area contributed by atoms with Gasteiger partial charge in [-0.2, -0.15) is 0 Å². The highest BCUT2D eigenvalue weighted by molar-refractivity contribution is 6.03. The second-order valence-corrected chi connectivity index (χ2v) is 8.71. The minimum absolute atomic E-state index is 0.248. The predicted molar refractivity (Wildman–Crippen MR) is 127 cm³/mol. The standard InChI is InChI=1S/C26H26F2N4O3/c1-16-13-31(15-29-16)22-6-5-17(9-24(22)34-2)8-18-4-3-7-32-23(14-33)25(35-30-26(18)32)19-10-20(27)12-21(28)11-19/h5-6,8-13,15,23,25,33H,3-4,7,14H2,1-2H3/b18-8+/t23-,25+/m0/s1. The molecular weight excluding hydrogens is 454 g/mol. The Balaban J connectivity index is 1.47. The Bertz CT molecular complexity index is 1280. The fourth-order valence-electron chi connectivity index (χ4n) is 4.72. The molecule has 1 saturated heterocycles. The Kier molecular flexibility index (Phi) is 6.25. The number of rotatable bonds is 5. The summed E-state index contributed by atoms with van der Waals surface area (Å²) in [5, 5.41) is 14.5. The number of piperidine rings is 1. The van der Waals surface area contributed by atoms with Crippen molar-refractivity contribution in [2.24, 2.45) is 5.16 Å². The van der Waals surface area contributed by atoms with E-state index in [-0.39, 0.29) is 6.61 Å². The molecule has 0 bridgehead atoms. The summed E-state index contributed by atoms with van der Waals surface area (Å²) in [5.74, 6) is -0.0699. The number of nitrogens with zero attached hydrogens (tertiary/aromatic N) is 4. The zero-order valence-electron chi connectivity index (χ0n) is 19.5. The molecule has 1 aromatic heterocycles. The number of oxime groups is 1. The summed E-state index contributed by atoms with van der Waals surface area (Å²) >= 11 is 0. The van der Waals surface area contributed by atoms with Crippen LogP contribution in [-0.2, 0) is 4.84 Å². The highest BCUT2D eigenvalue weighted by Gasteiger charge is 2.39. The van der Waals surface area contributed by atoms with Gasteiger partial charge in [-0.05, 0) is 61.2 Å². The first kappa shape index (κ1) is 23.0. The average Bonchev–Trinajstić information content (AvgIpc) is 3.28. The zero-order valence-corrected chi connectivity index (χ0v) is 19.5. The van der Waals surface area contributed by atoms with Crippen molar-refractivity contribution < 1.29 is 23.5 Å². The van der Waals surface area contributed by atoms with E-state index in [2.05, 4.69) is 10.1 Å². The van der Waals surface area contributed by atoms with Gasteiger partial charge >= 0.3 is 0 Å². The van der Waals surface area contributed by atoms with Crippen molar-refractivity contribution in [1.29, 1.82) is 0 Å². The van der Waals surface area contributed by atoms with E-state index < -0.39 is 23.8 Å². The summed E-state index contributed by atoms with van der Waals surface area (Å²) in [5.41, 5.74) is 3.97. The molecule has 2 atom stereocenters. The maximum absolute atomic E-state index is 13.8. The van der Waals surface area contributed by atoms with Gasteiger partial charge in [0, 0.05) is 24.4 Å². The van der Waals surface area contributed by atoms with Crippen molar-refractivity contribution in [2.75, 3.05) is 20.3 Å². The molecule has 0 aliphatic carbocycles. The second kappa shape index (κ2) is 9.50. The van der Waals surface area contributed by atoms with E-state index >= 15 is 0 Å². The van der Waals surface area contributed by atoms with Crippen molar-refractivity contribution >= 4 is 11.9 Å². The lowest BCUT2D eigenvalue weighted by atomic mass is 9.94. The van der Waals surface area contributed by atoms with Crippen molar-refractivity contribution in [3.8, 4) is 11.4 Å². The number of aliphatic hydroxyl groups excluding tert-OH is 1. The molecule has 35 heavy (non-hydrogen) atoms. The lowest BCUT2D eigenvalue weighted by Crippen LogP contribution is -2.52.